The fourth-order valence-corrected chi connectivity index (χ4v) is 2.44. The first-order valence-corrected chi connectivity index (χ1v) is 5.98. The van der Waals surface area contributed by atoms with E-state index >= 15 is 0 Å². The Morgan fingerprint density at radius 2 is 2.00 bits per heavy atom. The SMILES string of the molecule is Fc1cccc(Cn2nc(Br)cc2Br)c1F. The second-order valence-electron chi connectivity index (χ2n) is 3.16. The molecular formula is C10H6Br2F2N2. The van der Waals surface area contributed by atoms with Crippen molar-refractivity contribution in [2.75, 3.05) is 0 Å². The first-order valence-electron chi connectivity index (χ1n) is 4.39. The molecule has 0 spiro atoms. The van der Waals surface area contributed by atoms with E-state index in [0.717, 1.165) is 6.07 Å². The van der Waals surface area contributed by atoms with E-state index in [9.17, 15) is 8.78 Å². The van der Waals surface area contributed by atoms with Gasteiger partial charge < -0.3 is 0 Å². The molecule has 1 aromatic carbocycles. The second-order valence-corrected chi connectivity index (χ2v) is 4.79. The van der Waals surface area contributed by atoms with E-state index in [1.54, 1.807) is 6.07 Å². The Labute approximate surface area is 108 Å². The van der Waals surface area contributed by atoms with Gasteiger partial charge in [0, 0.05) is 11.6 Å². The maximum Gasteiger partial charge on any atom is 0.163 e. The summed E-state index contributed by atoms with van der Waals surface area (Å²) < 4.78 is 29.2. The molecule has 16 heavy (non-hydrogen) atoms. The van der Waals surface area contributed by atoms with E-state index in [2.05, 4.69) is 37.0 Å². The molecule has 0 fully saturated rings. The summed E-state index contributed by atoms with van der Waals surface area (Å²) in [6.07, 6.45) is 0. The summed E-state index contributed by atoms with van der Waals surface area (Å²) in [6.45, 7) is 0.176. The smallest absolute Gasteiger partial charge is 0.163 e. The van der Waals surface area contributed by atoms with Gasteiger partial charge in [-0.25, -0.2) is 8.78 Å². The van der Waals surface area contributed by atoms with E-state index in [1.807, 2.05) is 0 Å². The van der Waals surface area contributed by atoms with E-state index in [0.29, 0.717) is 9.21 Å². The molecule has 0 saturated heterocycles. The molecule has 0 aliphatic heterocycles. The minimum absolute atomic E-state index is 0.176. The number of nitrogens with zero attached hydrogens (tertiary/aromatic N) is 2. The number of halogens is 4. The van der Waals surface area contributed by atoms with Crippen molar-refractivity contribution in [1.29, 1.82) is 0 Å². The van der Waals surface area contributed by atoms with Gasteiger partial charge in [0.05, 0.1) is 6.54 Å². The molecule has 6 heteroatoms. The fourth-order valence-electron chi connectivity index (χ4n) is 1.31. The molecule has 0 atom stereocenters. The molecule has 1 aromatic heterocycles. The van der Waals surface area contributed by atoms with Crippen LogP contribution in [0.5, 0.6) is 0 Å². The minimum atomic E-state index is -0.847. The van der Waals surface area contributed by atoms with Gasteiger partial charge in [0.1, 0.15) is 9.21 Å². The summed E-state index contributed by atoms with van der Waals surface area (Å²) in [4.78, 5) is 0. The number of rotatable bonds is 2. The van der Waals surface area contributed by atoms with Crippen LogP contribution in [0.4, 0.5) is 8.78 Å². The van der Waals surface area contributed by atoms with Gasteiger partial charge in [-0.3, -0.25) is 4.68 Å². The van der Waals surface area contributed by atoms with Crippen LogP contribution in [-0.4, -0.2) is 9.78 Å². The number of hydrogen-bond donors (Lipinski definition) is 0. The third-order valence-corrected chi connectivity index (χ3v) is 3.08. The topological polar surface area (TPSA) is 17.8 Å². The monoisotopic (exact) mass is 350 g/mol. The van der Waals surface area contributed by atoms with Crippen molar-refractivity contribution in [2.24, 2.45) is 0 Å². The van der Waals surface area contributed by atoms with Crippen molar-refractivity contribution in [1.82, 2.24) is 9.78 Å². The molecule has 0 amide bonds. The third kappa shape index (κ3) is 2.32. The van der Waals surface area contributed by atoms with Crippen LogP contribution in [0.2, 0.25) is 0 Å². The van der Waals surface area contributed by atoms with Crippen molar-refractivity contribution in [3.8, 4) is 0 Å². The second kappa shape index (κ2) is 4.63. The maximum absolute atomic E-state index is 13.4. The van der Waals surface area contributed by atoms with Gasteiger partial charge in [-0.2, -0.15) is 5.10 Å². The molecule has 2 nitrogen and oxygen atoms in total. The predicted molar refractivity (Wildman–Crippen MR) is 63.1 cm³/mol. The number of benzene rings is 1. The highest BCUT2D eigenvalue weighted by molar-refractivity contribution is 9.11. The van der Waals surface area contributed by atoms with Gasteiger partial charge in [-0.15, -0.1) is 0 Å². The standard InChI is InChI=1S/C10H6Br2F2N2/c11-8-4-9(12)16(15-8)5-6-2-1-3-7(13)10(6)14/h1-4H,5H2. The average molecular weight is 352 g/mol. The van der Waals surface area contributed by atoms with Crippen LogP contribution in [0.15, 0.2) is 33.5 Å². The average Bonchev–Trinajstić information content (AvgIpc) is 2.53. The Morgan fingerprint density at radius 1 is 1.25 bits per heavy atom. The molecule has 0 unspecified atom stereocenters. The van der Waals surface area contributed by atoms with Crippen LogP contribution in [0, 0.1) is 11.6 Å². The van der Waals surface area contributed by atoms with Gasteiger partial charge in [0.25, 0.3) is 0 Å². The van der Waals surface area contributed by atoms with E-state index in [1.165, 1.54) is 16.8 Å². The molecule has 2 rings (SSSR count). The van der Waals surface area contributed by atoms with E-state index in [-0.39, 0.29) is 12.1 Å². The van der Waals surface area contributed by atoms with Crippen molar-refractivity contribution in [2.45, 2.75) is 6.54 Å². The van der Waals surface area contributed by atoms with E-state index < -0.39 is 11.6 Å². The number of hydrogen-bond acceptors (Lipinski definition) is 1. The first-order chi connectivity index (χ1) is 7.58. The lowest BCUT2D eigenvalue weighted by atomic mass is 10.2. The summed E-state index contributed by atoms with van der Waals surface area (Å²) in [6, 6.07) is 5.82. The van der Waals surface area contributed by atoms with Crippen molar-refractivity contribution >= 4 is 31.9 Å². The van der Waals surface area contributed by atoms with Gasteiger partial charge in [0.2, 0.25) is 0 Å². The predicted octanol–water partition coefficient (Wildman–Crippen LogP) is 3.73. The van der Waals surface area contributed by atoms with Crippen molar-refractivity contribution in [3.05, 3.63) is 50.7 Å². The van der Waals surface area contributed by atoms with E-state index in [4.69, 9.17) is 0 Å². The lowest BCUT2D eigenvalue weighted by molar-refractivity contribution is 0.491. The summed E-state index contributed by atoms with van der Waals surface area (Å²) in [5, 5.41) is 4.07. The Balaban J connectivity index is 2.34. The van der Waals surface area contributed by atoms with Crippen LogP contribution < -0.4 is 0 Å². The lowest BCUT2D eigenvalue weighted by Crippen LogP contribution is -2.05. The largest absolute Gasteiger partial charge is 0.253 e. The normalized spacial score (nSPS) is 10.8. The molecule has 0 aliphatic carbocycles. The summed E-state index contributed by atoms with van der Waals surface area (Å²) in [5.74, 6) is -1.68. The summed E-state index contributed by atoms with van der Waals surface area (Å²) in [5.41, 5.74) is 0.260. The highest BCUT2D eigenvalue weighted by Crippen LogP contribution is 2.19. The van der Waals surface area contributed by atoms with Crippen LogP contribution in [0.3, 0.4) is 0 Å². The van der Waals surface area contributed by atoms with Crippen molar-refractivity contribution in [3.63, 3.8) is 0 Å². The van der Waals surface area contributed by atoms with Crippen molar-refractivity contribution < 1.29 is 8.78 Å². The number of aromatic nitrogens is 2. The molecule has 0 bridgehead atoms. The quantitative estimate of drug-likeness (QED) is 0.806. The molecule has 0 aliphatic rings. The zero-order valence-corrected chi connectivity index (χ0v) is 11.1. The molecule has 84 valence electrons. The summed E-state index contributed by atoms with van der Waals surface area (Å²) >= 11 is 6.47. The zero-order chi connectivity index (χ0) is 11.7. The highest BCUT2D eigenvalue weighted by Gasteiger charge is 2.10. The first kappa shape index (κ1) is 11.7. The maximum atomic E-state index is 13.4. The Hall–Kier alpha value is -0.750. The van der Waals surface area contributed by atoms with Crippen LogP contribution in [0.25, 0.3) is 0 Å². The van der Waals surface area contributed by atoms with Crippen LogP contribution in [-0.2, 0) is 6.54 Å². The van der Waals surface area contributed by atoms with Crippen LogP contribution in [0.1, 0.15) is 5.56 Å². The molecule has 0 N–H and O–H groups in total. The third-order valence-electron chi connectivity index (χ3n) is 2.05. The molecular weight excluding hydrogens is 346 g/mol. The molecule has 0 radical (unpaired) electrons. The lowest BCUT2D eigenvalue weighted by Gasteiger charge is -2.05. The summed E-state index contributed by atoms with van der Waals surface area (Å²) in [7, 11) is 0. The Kier molecular flexibility index (Phi) is 3.39. The molecule has 1 heterocycles. The van der Waals surface area contributed by atoms with Crippen LogP contribution >= 0.6 is 31.9 Å². The van der Waals surface area contributed by atoms with Gasteiger partial charge in [-0.1, -0.05) is 12.1 Å². The Bertz CT molecular complexity index is 526. The van der Waals surface area contributed by atoms with Gasteiger partial charge >= 0.3 is 0 Å². The molecule has 0 saturated carbocycles. The Morgan fingerprint density at radius 3 is 2.62 bits per heavy atom. The fraction of sp³-hybridized carbons (Fsp3) is 0.100. The molecule has 2 aromatic rings. The van der Waals surface area contributed by atoms with Gasteiger partial charge in [0.15, 0.2) is 11.6 Å². The highest BCUT2D eigenvalue weighted by atomic mass is 79.9. The minimum Gasteiger partial charge on any atom is -0.253 e. The van der Waals surface area contributed by atoms with Gasteiger partial charge in [-0.05, 0) is 37.9 Å². The zero-order valence-electron chi connectivity index (χ0n) is 7.92.